The summed E-state index contributed by atoms with van der Waals surface area (Å²) >= 11 is 0. The van der Waals surface area contributed by atoms with Crippen molar-refractivity contribution in [3.05, 3.63) is 53.6 Å². The Morgan fingerprint density at radius 3 is 2.20 bits per heavy atom. The molecule has 0 aromatic heterocycles. The second kappa shape index (κ2) is 19.0. The van der Waals surface area contributed by atoms with Gasteiger partial charge in [-0.1, -0.05) is 12.1 Å². The number of hydrogen-bond donors (Lipinski definition) is 9. The van der Waals surface area contributed by atoms with E-state index in [4.69, 9.17) is 42.6 Å². The predicted molar refractivity (Wildman–Crippen MR) is 183 cm³/mol. The molecule has 0 amide bonds. The average molecular weight is 785 g/mol. The number of benzene rings is 2. The molecule has 0 saturated carbocycles. The van der Waals surface area contributed by atoms with Gasteiger partial charge in [-0.25, -0.2) is 4.79 Å². The van der Waals surface area contributed by atoms with Gasteiger partial charge in [-0.15, -0.1) is 0 Å². The van der Waals surface area contributed by atoms with Crippen LogP contribution in [-0.4, -0.2) is 172 Å². The topological polar surface area (TPSA) is 282 Å². The van der Waals surface area contributed by atoms with Crippen LogP contribution < -0.4 is 9.47 Å². The van der Waals surface area contributed by atoms with E-state index < -0.39 is 98.6 Å². The third-order valence-electron chi connectivity index (χ3n) is 9.38. The molecule has 55 heavy (non-hydrogen) atoms. The van der Waals surface area contributed by atoms with Gasteiger partial charge in [0.15, 0.2) is 48.0 Å². The van der Waals surface area contributed by atoms with Crippen LogP contribution in [0.4, 0.5) is 0 Å². The van der Waals surface area contributed by atoms with Crippen molar-refractivity contribution in [3.63, 3.8) is 0 Å². The molecule has 306 valence electrons. The molecule has 0 aliphatic carbocycles. The molecule has 5 rings (SSSR count). The van der Waals surface area contributed by atoms with E-state index in [0.29, 0.717) is 11.1 Å². The number of carbonyl (C=O) groups excluding carboxylic acids is 1. The number of methoxy groups -OCH3 is 2. The number of esters is 1. The molecule has 0 unspecified atom stereocenters. The first-order valence-corrected chi connectivity index (χ1v) is 17.4. The van der Waals surface area contributed by atoms with E-state index in [-0.39, 0.29) is 42.6 Å². The number of hydrogen-bond acceptors (Lipinski definition) is 19. The third-order valence-corrected chi connectivity index (χ3v) is 9.38. The molecule has 2 aromatic carbocycles. The second-order valence-electron chi connectivity index (χ2n) is 13.2. The van der Waals surface area contributed by atoms with Gasteiger partial charge in [0.1, 0.15) is 54.9 Å². The van der Waals surface area contributed by atoms with E-state index >= 15 is 0 Å². The fraction of sp³-hybridized carbons (Fsp3) is 0.583. The highest BCUT2D eigenvalue weighted by Gasteiger charge is 2.53. The number of rotatable bonds is 14. The molecule has 3 aliphatic heterocycles. The highest BCUT2D eigenvalue weighted by Crippen LogP contribution is 2.33. The van der Waals surface area contributed by atoms with Gasteiger partial charge in [0.2, 0.25) is 0 Å². The molecular formula is C36H48O19. The Morgan fingerprint density at radius 1 is 0.764 bits per heavy atom. The van der Waals surface area contributed by atoms with Crippen molar-refractivity contribution in [2.75, 3.05) is 34.0 Å². The van der Waals surface area contributed by atoms with Gasteiger partial charge in [0, 0.05) is 6.08 Å². The Balaban J connectivity index is 1.42. The first-order valence-electron chi connectivity index (χ1n) is 17.4. The number of phenols is 2. The van der Waals surface area contributed by atoms with Crippen LogP contribution in [0.3, 0.4) is 0 Å². The molecule has 3 fully saturated rings. The molecule has 3 saturated heterocycles. The summed E-state index contributed by atoms with van der Waals surface area (Å²) < 4.78 is 50.6. The van der Waals surface area contributed by atoms with Gasteiger partial charge in [-0.3, -0.25) is 0 Å². The minimum absolute atomic E-state index is 0.101. The van der Waals surface area contributed by atoms with E-state index in [1.807, 2.05) is 0 Å². The lowest BCUT2D eigenvalue weighted by Crippen LogP contribution is -2.65. The molecule has 3 heterocycles. The maximum Gasteiger partial charge on any atom is 0.331 e. The summed E-state index contributed by atoms with van der Waals surface area (Å²) in [7, 11) is 2.75. The zero-order valence-corrected chi connectivity index (χ0v) is 30.1. The van der Waals surface area contributed by atoms with E-state index in [2.05, 4.69) is 0 Å². The van der Waals surface area contributed by atoms with Crippen molar-refractivity contribution in [2.24, 2.45) is 0 Å². The summed E-state index contributed by atoms with van der Waals surface area (Å²) in [5, 5.41) is 93.9. The summed E-state index contributed by atoms with van der Waals surface area (Å²) in [4.78, 5) is 13.4. The van der Waals surface area contributed by atoms with Gasteiger partial charge in [-0.2, -0.15) is 0 Å². The van der Waals surface area contributed by atoms with Crippen LogP contribution in [-0.2, 0) is 44.4 Å². The number of aromatic hydroxyl groups is 2. The van der Waals surface area contributed by atoms with E-state index in [1.54, 1.807) is 12.1 Å². The summed E-state index contributed by atoms with van der Waals surface area (Å²) in [6.45, 7) is 0.361. The van der Waals surface area contributed by atoms with Gasteiger partial charge in [-0.05, 0) is 54.8 Å². The van der Waals surface area contributed by atoms with Crippen molar-refractivity contribution < 1.29 is 93.4 Å². The third kappa shape index (κ3) is 10.2. The van der Waals surface area contributed by atoms with E-state index in [0.717, 1.165) is 6.08 Å². The Morgan fingerprint density at radius 2 is 1.49 bits per heavy atom. The maximum atomic E-state index is 13.4. The van der Waals surface area contributed by atoms with Crippen molar-refractivity contribution in [3.8, 4) is 23.0 Å². The number of ether oxygens (including phenoxy) is 9. The highest BCUT2D eigenvalue weighted by atomic mass is 16.8. The number of phenolic OH excluding ortho intramolecular Hbond substituents is 2. The molecule has 14 atom stereocenters. The lowest BCUT2D eigenvalue weighted by molar-refractivity contribution is -0.362. The summed E-state index contributed by atoms with van der Waals surface area (Å²) in [6.07, 6.45) is -19.4. The minimum atomic E-state index is -1.84. The Hall–Kier alpha value is -3.67. The van der Waals surface area contributed by atoms with Crippen LogP contribution in [0.15, 0.2) is 42.5 Å². The van der Waals surface area contributed by atoms with Crippen molar-refractivity contribution in [1.82, 2.24) is 0 Å². The van der Waals surface area contributed by atoms with Gasteiger partial charge in [0.05, 0.1) is 40.1 Å². The smallest absolute Gasteiger partial charge is 0.331 e. The first-order chi connectivity index (χ1) is 26.2. The maximum absolute atomic E-state index is 13.4. The monoisotopic (exact) mass is 784 g/mol. The van der Waals surface area contributed by atoms with Crippen LogP contribution >= 0.6 is 0 Å². The fourth-order valence-corrected chi connectivity index (χ4v) is 6.18. The van der Waals surface area contributed by atoms with Crippen LogP contribution in [0, 0.1) is 0 Å². The Kier molecular flexibility index (Phi) is 14.7. The number of aliphatic hydroxyl groups excluding tert-OH is 7. The van der Waals surface area contributed by atoms with E-state index in [9.17, 15) is 50.8 Å². The zero-order chi connectivity index (χ0) is 40.0. The summed E-state index contributed by atoms with van der Waals surface area (Å²) in [5.41, 5.74) is 1.06. The van der Waals surface area contributed by atoms with Crippen LogP contribution in [0.2, 0.25) is 0 Å². The average Bonchev–Trinajstić information content (AvgIpc) is 3.17. The normalized spacial score (nSPS) is 35.4. The fourth-order valence-electron chi connectivity index (χ4n) is 6.18. The van der Waals surface area contributed by atoms with Crippen molar-refractivity contribution >= 4 is 12.0 Å². The minimum Gasteiger partial charge on any atom is -0.504 e. The van der Waals surface area contributed by atoms with Crippen molar-refractivity contribution in [1.29, 1.82) is 0 Å². The van der Waals surface area contributed by atoms with Gasteiger partial charge in [0.25, 0.3) is 0 Å². The lowest BCUT2D eigenvalue weighted by Gasteiger charge is -2.47. The van der Waals surface area contributed by atoms with Crippen LogP contribution in [0.25, 0.3) is 6.08 Å². The molecule has 0 bridgehead atoms. The predicted octanol–water partition coefficient (Wildman–Crippen LogP) is -1.95. The number of aliphatic hydroxyl groups is 7. The van der Waals surface area contributed by atoms with E-state index in [1.165, 1.54) is 51.5 Å². The number of carbonyl (C=O) groups is 1. The molecule has 0 spiro atoms. The van der Waals surface area contributed by atoms with Crippen LogP contribution in [0.5, 0.6) is 23.0 Å². The molecule has 19 heteroatoms. The SMILES string of the molecule is COc1ccc(CCO[C@@H]2O[C@H](CO[C@@H]3OC[C@@H](O)[C@H](O)[C@H]3O)[C@@H](OC(=O)/C=C/c3ccc(O)c(OC)c3)[C@H](O[C@@H]3O[C@@H](C)[C@H](O)[C@@H](O)[C@H]3O)[C@H]2O)cc1O. The summed E-state index contributed by atoms with van der Waals surface area (Å²) in [5.74, 6) is -0.848. The Labute approximate surface area is 315 Å². The molecule has 9 N–H and O–H groups in total. The van der Waals surface area contributed by atoms with Crippen molar-refractivity contribution in [2.45, 2.75) is 99.4 Å². The molecule has 19 nitrogen and oxygen atoms in total. The molecule has 0 radical (unpaired) electrons. The van der Waals surface area contributed by atoms with Gasteiger partial charge >= 0.3 is 5.97 Å². The lowest BCUT2D eigenvalue weighted by atomic mass is 9.96. The molecule has 2 aromatic rings. The zero-order valence-electron chi connectivity index (χ0n) is 30.1. The van der Waals surface area contributed by atoms with Crippen LogP contribution in [0.1, 0.15) is 18.1 Å². The molecular weight excluding hydrogens is 736 g/mol. The first kappa shape index (κ1) is 42.5. The molecule has 3 aliphatic rings. The quantitative estimate of drug-likeness (QED) is 0.0744. The Bertz CT molecular complexity index is 1590. The standard InChI is InChI=1S/C36H48O19/c1-16-26(41)28(43)30(45)36(52-16)55-33-31(46)35(49-11-10-18-5-8-22(47-2)20(38)12-18)53-24(15-51-34-29(44)27(42)21(39)14-50-34)32(33)54-25(40)9-6-17-4-7-19(37)23(13-17)48-3/h4-9,12-13,16,21,24,26-39,41-46H,10-11,14-15H2,1-3H3/b9-6+/t16-,21+,24+,26-,27-,28+,29+,30+,31+,32+,33+,34-,35+,36-/m0/s1. The van der Waals surface area contributed by atoms with Gasteiger partial charge < -0.3 is 88.6 Å². The summed E-state index contributed by atoms with van der Waals surface area (Å²) in [6, 6.07) is 9.00. The largest absolute Gasteiger partial charge is 0.504 e. The second-order valence-corrected chi connectivity index (χ2v) is 13.2. The highest BCUT2D eigenvalue weighted by molar-refractivity contribution is 5.87.